The molecule has 0 amide bonds. The van der Waals surface area contributed by atoms with Gasteiger partial charge < -0.3 is 5.32 Å². The summed E-state index contributed by atoms with van der Waals surface area (Å²) in [5, 5.41) is 16.6. The number of rotatable bonds is 8. The topological polar surface area (TPSA) is 138 Å². The molecule has 31 heavy (non-hydrogen) atoms. The summed E-state index contributed by atoms with van der Waals surface area (Å²) in [7, 11) is -3.73. The summed E-state index contributed by atoms with van der Waals surface area (Å²) in [4.78, 5) is 8.60. The highest BCUT2D eigenvalue weighted by Gasteiger charge is 2.19. The Morgan fingerprint density at radius 1 is 1.00 bits per heavy atom. The average Bonchev–Trinajstić information content (AvgIpc) is 3.33. The fraction of sp³-hybridized carbons (Fsp3) is 0.105. The largest absolute Gasteiger partial charge is 0.346 e. The molecule has 1 atom stereocenters. The van der Waals surface area contributed by atoms with Gasteiger partial charge in [-0.2, -0.15) is 5.21 Å². The molecule has 0 radical (unpaired) electrons. The maximum Gasteiger partial charge on any atom is 0.240 e. The van der Waals surface area contributed by atoms with E-state index in [2.05, 4.69) is 40.6 Å². The van der Waals surface area contributed by atoms with E-state index in [1.165, 1.54) is 36.7 Å². The Labute approximate surface area is 177 Å². The minimum absolute atomic E-state index is 0.0151. The zero-order valence-corrected chi connectivity index (χ0v) is 16.8. The number of halogens is 1. The normalized spacial score (nSPS) is 12.4. The number of benzene rings is 2. The number of anilines is 1. The lowest BCUT2D eigenvalue weighted by Gasteiger charge is -2.20. The molecule has 4 aromatic rings. The molecule has 10 nitrogen and oxygen atoms in total. The molecule has 3 N–H and O–H groups in total. The first-order valence-electron chi connectivity index (χ1n) is 9.14. The van der Waals surface area contributed by atoms with Crippen LogP contribution in [0.15, 0.2) is 71.9 Å². The van der Waals surface area contributed by atoms with E-state index >= 15 is 0 Å². The van der Waals surface area contributed by atoms with Crippen LogP contribution in [0.2, 0.25) is 0 Å². The van der Waals surface area contributed by atoms with Gasteiger partial charge in [-0.05, 0) is 35.0 Å². The van der Waals surface area contributed by atoms with Crippen LogP contribution >= 0.6 is 0 Å². The molecule has 0 aliphatic carbocycles. The number of H-pyrrole nitrogens is 1. The quantitative estimate of drug-likeness (QED) is 0.378. The summed E-state index contributed by atoms with van der Waals surface area (Å²) in [6, 6.07) is 13.2. The third-order valence-electron chi connectivity index (χ3n) is 4.36. The third kappa shape index (κ3) is 5.05. The maximum absolute atomic E-state index is 13.4. The number of sulfonamides is 1. The third-order valence-corrected chi connectivity index (χ3v) is 5.80. The minimum Gasteiger partial charge on any atom is -0.346 e. The molecule has 0 bridgehead atoms. The minimum atomic E-state index is -3.73. The van der Waals surface area contributed by atoms with E-state index in [9.17, 15) is 12.8 Å². The zero-order chi connectivity index (χ0) is 21.7. The summed E-state index contributed by atoms with van der Waals surface area (Å²) in [6.45, 7) is -0.0151. The monoisotopic (exact) mass is 440 g/mol. The van der Waals surface area contributed by atoms with Crippen molar-refractivity contribution < 1.29 is 12.8 Å². The van der Waals surface area contributed by atoms with Crippen LogP contribution in [0.1, 0.15) is 11.6 Å². The smallest absolute Gasteiger partial charge is 0.240 e. The second-order valence-electron chi connectivity index (χ2n) is 6.44. The van der Waals surface area contributed by atoms with Gasteiger partial charge in [0.1, 0.15) is 5.82 Å². The first kappa shape index (κ1) is 20.5. The Balaban J connectivity index is 1.54. The van der Waals surface area contributed by atoms with Gasteiger partial charge in [0.25, 0.3) is 0 Å². The molecular weight excluding hydrogens is 423 g/mol. The fourth-order valence-corrected chi connectivity index (χ4v) is 3.85. The first-order valence-corrected chi connectivity index (χ1v) is 10.6. The van der Waals surface area contributed by atoms with Crippen molar-refractivity contribution in [3.63, 3.8) is 0 Å². The molecule has 2 aromatic heterocycles. The maximum atomic E-state index is 13.4. The molecule has 158 valence electrons. The average molecular weight is 440 g/mol. The second kappa shape index (κ2) is 8.93. The van der Waals surface area contributed by atoms with E-state index in [1.54, 1.807) is 30.3 Å². The molecule has 1 unspecified atom stereocenters. The van der Waals surface area contributed by atoms with Crippen molar-refractivity contribution in [1.82, 2.24) is 35.3 Å². The van der Waals surface area contributed by atoms with Gasteiger partial charge in [-0.3, -0.25) is 0 Å². The van der Waals surface area contributed by atoms with Crippen molar-refractivity contribution in [2.24, 2.45) is 0 Å². The van der Waals surface area contributed by atoms with E-state index in [4.69, 9.17) is 0 Å². The Kier molecular flexibility index (Phi) is 5.91. The van der Waals surface area contributed by atoms with E-state index < -0.39 is 21.9 Å². The van der Waals surface area contributed by atoms with Gasteiger partial charge in [-0.1, -0.05) is 30.3 Å². The van der Waals surface area contributed by atoms with E-state index in [0.717, 1.165) is 0 Å². The van der Waals surface area contributed by atoms with Gasteiger partial charge in [-0.25, -0.2) is 27.5 Å². The number of nitrogens with one attached hydrogen (secondary N) is 3. The fourth-order valence-electron chi connectivity index (χ4n) is 2.78. The summed E-state index contributed by atoms with van der Waals surface area (Å²) >= 11 is 0. The number of aromatic nitrogens is 6. The predicted octanol–water partition coefficient (Wildman–Crippen LogP) is 1.93. The van der Waals surface area contributed by atoms with Gasteiger partial charge in [0.2, 0.25) is 21.8 Å². The van der Waals surface area contributed by atoms with Crippen molar-refractivity contribution in [1.29, 1.82) is 0 Å². The van der Waals surface area contributed by atoms with Gasteiger partial charge in [-0.15, -0.1) is 10.2 Å². The van der Waals surface area contributed by atoms with Crippen LogP contribution in [0.25, 0.3) is 11.4 Å². The summed E-state index contributed by atoms with van der Waals surface area (Å²) in [5.74, 6) is 0.200. The van der Waals surface area contributed by atoms with Crippen molar-refractivity contribution in [3.8, 4) is 11.4 Å². The first-order chi connectivity index (χ1) is 15.0. The van der Waals surface area contributed by atoms with Crippen molar-refractivity contribution in [3.05, 3.63) is 78.4 Å². The molecule has 0 saturated carbocycles. The lowest BCUT2D eigenvalue weighted by atomic mass is 10.1. The second-order valence-corrected chi connectivity index (χ2v) is 8.21. The number of hydrogen-bond acceptors (Lipinski definition) is 8. The molecule has 0 saturated heterocycles. The molecule has 2 heterocycles. The predicted molar refractivity (Wildman–Crippen MR) is 110 cm³/mol. The lowest BCUT2D eigenvalue weighted by Crippen LogP contribution is -2.32. The van der Waals surface area contributed by atoms with Gasteiger partial charge in [0.15, 0.2) is 0 Å². The Morgan fingerprint density at radius 2 is 1.71 bits per heavy atom. The molecule has 0 fully saturated rings. The molecule has 2 aromatic carbocycles. The number of nitrogens with zero attached hydrogens (tertiary/aromatic N) is 5. The lowest BCUT2D eigenvalue weighted by molar-refractivity contribution is 0.575. The van der Waals surface area contributed by atoms with Crippen LogP contribution in [-0.2, 0) is 10.0 Å². The number of tetrazole rings is 1. The summed E-state index contributed by atoms with van der Waals surface area (Å²) < 4.78 is 41.1. The zero-order valence-electron chi connectivity index (χ0n) is 16.0. The van der Waals surface area contributed by atoms with E-state index in [-0.39, 0.29) is 17.4 Å². The van der Waals surface area contributed by atoms with Crippen LogP contribution in [0.5, 0.6) is 0 Å². The van der Waals surface area contributed by atoms with Crippen molar-refractivity contribution in [2.45, 2.75) is 10.9 Å². The van der Waals surface area contributed by atoms with E-state index in [0.29, 0.717) is 17.0 Å². The SMILES string of the molecule is O=S(=O)(NCC(Nc1ncc(-c2nn[nH]n2)cn1)c1ccc(F)cc1)c1ccccc1. The van der Waals surface area contributed by atoms with Gasteiger partial charge in [0.05, 0.1) is 16.5 Å². The highest BCUT2D eigenvalue weighted by molar-refractivity contribution is 7.89. The highest BCUT2D eigenvalue weighted by Crippen LogP contribution is 2.20. The van der Waals surface area contributed by atoms with Crippen LogP contribution in [0, 0.1) is 5.82 Å². The van der Waals surface area contributed by atoms with Gasteiger partial charge in [0, 0.05) is 18.9 Å². The van der Waals surface area contributed by atoms with Crippen molar-refractivity contribution in [2.75, 3.05) is 11.9 Å². The van der Waals surface area contributed by atoms with Crippen LogP contribution in [-0.4, -0.2) is 45.6 Å². The van der Waals surface area contributed by atoms with Crippen LogP contribution in [0.3, 0.4) is 0 Å². The molecule has 4 rings (SSSR count). The standard InChI is InChI=1S/C19H17FN8O2S/c20-15-8-6-13(7-9-15)17(12-23-31(29,30)16-4-2-1-3-5-16)24-19-21-10-14(11-22-19)18-25-27-28-26-18/h1-11,17,23H,12H2,(H,21,22,24)(H,25,26,27,28). The Bertz CT molecular complexity index is 1220. The number of aromatic amines is 1. The number of hydrogen-bond donors (Lipinski definition) is 3. The van der Waals surface area contributed by atoms with Crippen LogP contribution < -0.4 is 10.0 Å². The Hall–Kier alpha value is -3.77. The molecule has 0 aliphatic rings. The van der Waals surface area contributed by atoms with Crippen molar-refractivity contribution >= 4 is 16.0 Å². The summed E-state index contributed by atoms with van der Waals surface area (Å²) in [5.41, 5.74) is 1.21. The summed E-state index contributed by atoms with van der Waals surface area (Å²) in [6.07, 6.45) is 3.02. The molecule has 0 aliphatic heterocycles. The Morgan fingerprint density at radius 3 is 2.35 bits per heavy atom. The van der Waals surface area contributed by atoms with Crippen LogP contribution in [0.4, 0.5) is 10.3 Å². The molecular formula is C19H17FN8O2S. The molecule has 0 spiro atoms. The molecule has 12 heteroatoms. The highest BCUT2D eigenvalue weighted by atomic mass is 32.2. The van der Waals surface area contributed by atoms with Gasteiger partial charge >= 0.3 is 0 Å². The van der Waals surface area contributed by atoms with E-state index in [1.807, 2.05) is 0 Å².